The van der Waals surface area contributed by atoms with E-state index in [1.807, 2.05) is 29.8 Å². The van der Waals surface area contributed by atoms with Crippen LogP contribution in [-0.2, 0) is 6.54 Å². The molecule has 0 atom stereocenters. The Labute approximate surface area is 160 Å². The molecular formula is C15H23Cl3N4S. The van der Waals surface area contributed by atoms with E-state index < -0.39 is 0 Å². The summed E-state index contributed by atoms with van der Waals surface area (Å²) in [5, 5.41) is 1.18. The molecule has 1 fully saturated rings. The van der Waals surface area contributed by atoms with E-state index in [0.717, 1.165) is 32.7 Å². The molecule has 23 heavy (non-hydrogen) atoms. The lowest BCUT2D eigenvalue weighted by Gasteiger charge is -2.34. The summed E-state index contributed by atoms with van der Waals surface area (Å²) >= 11 is 1.81. The average molecular weight is 398 g/mol. The van der Waals surface area contributed by atoms with Gasteiger partial charge in [0.15, 0.2) is 5.13 Å². The molecule has 0 aliphatic carbocycles. The van der Waals surface area contributed by atoms with E-state index in [4.69, 9.17) is 0 Å². The fraction of sp³-hybridized carbons (Fsp3) is 0.467. The number of piperazine rings is 1. The standard InChI is InChI=1S/C15H20N4S.3ClH/c1-12-13(2)20-15(17-12)19-8-6-18(7-9-19)11-14-4-3-5-16-10-14;;;/h3-5,10H,6-9,11H2,1-2H3;3*1H. The van der Waals surface area contributed by atoms with Gasteiger partial charge >= 0.3 is 0 Å². The highest BCUT2D eigenvalue weighted by atomic mass is 35.5. The smallest absolute Gasteiger partial charge is 0.185 e. The normalized spacial score (nSPS) is 14.4. The summed E-state index contributed by atoms with van der Waals surface area (Å²) in [7, 11) is 0. The zero-order valence-corrected chi connectivity index (χ0v) is 16.5. The van der Waals surface area contributed by atoms with Crippen LogP contribution in [0.2, 0.25) is 0 Å². The minimum absolute atomic E-state index is 0. The molecule has 0 amide bonds. The van der Waals surface area contributed by atoms with E-state index >= 15 is 0 Å². The fourth-order valence-corrected chi connectivity index (χ4v) is 3.40. The fourth-order valence-electron chi connectivity index (χ4n) is 2.44. The Hall–Kier alpha value is -0.590. The van der Waals surface area contributed by atoms with Crippen LogP contribution in [0.5, 0.6) is 0 Å². The number of hydrogen-bond acceptors (Lipinski definition) is 5. The lowest BCUT2D eigenvalue weighted by atomic mass is 10.2. The van der Waals surface area contributed by atoms with Gasteiger partial charge in [-0.15, -0.1) is 48.6 Å². The maximum Gasteiger partial charge on any atom is 0.185 e. The minimum atomic E-state index is 0. The van der Waals surface area contributed by atoms with Crippen LogP contribution in [0.3, 0.4) is 0 Å². The first-order valence-electron chi connectivity index (χ1n) is 7.02. The Morgan fingerprint density at radius 3 is 2.30 bits per heavy atom. The van der Waals surface area contributed by atoms with Crippen molar-refractivity contribution in [2.45, 2.75) is 20.4 Å². The molecule has 1 saturated heterocycles. The van der Waals surface area contributed by atoms with Gasteiger partial charge in [0.1, 0.15) is 0 Å². The van der Waals surface area contributed by atoms with Crippen molar-refractivity contribution in [1.82, 2.24) is 14.9 Å². The Morgan fingerprint density at radius 2 is 1.78 bits per heavy atom. The van der Waals surface area contributed by atoms with E-state index in [1.165, 1.54) is 21.3 Å². The number of aryl methyl sites for hydroxylation is 2. The number of pyridine rings is 1. The predicted molar refractivity (Wildman–Crippen MR) is 105 cm³/mol. The van der Waals surface area contributed by atoms with Crippen LogP contribution >= 0.6 is 48.6 Å². The van der Waals surface area contributed by atoms with Gasteiger partial charge in [-0.1, -0.05) is 6.07 Å². The Kier molecular flexibility index (Phi) is 10.0. The maximum atomic E-state index is 4.66. The Morgan fingerprint density at radius 1 is 1.09 bits per heavy atom. The molecule has 0 aromatic carbocycles. The summed E-state index contributed by atoms with van der Waals surface area (Å²) in [4.78, 5) is 15.1. The minimum Gasteiger partial charge on any atom is -0.346 e. The summed E-state index contributed by atoms with van der Waals surface area (Å²) in [5.74, 6) is 0. The number of hydrogen-bond donors (Lipinski definition) is 0. The summed E-state index contributed by atoms with van der Waals surface area (Å²) in [5.41, 5.74) is 2.46. The van der Waals surface area contributed by atoms with E-state index in [0.29, 0.717) is 0 Å². The number of nitrogens with zero attached hydrogens (tertiary/aromatic N) is 4. The molecule has 0 saturated carbocycles. The molecule has 0 unspecified atom stereocenters. The summed E-state index contributed by atoms with van der Waals surface area (Å²) in [6, 6.07) is 4.15. The lowest BCUT2D eigenvalue weighted by molar-refractivity contribution is 0.249. The number of thiazole rings is 1. The third-order valence-electron chi connectivity index (χ3n) is 3.79. The molecule has 4 nitrogen and oxygen atoms in total. The number of halogens is 3. The number of anilines is 1. The summed E-state index contributed by atoms with van der Waals surface area (Å²) < 4.78 is 0. The quantitative estimate of drug-likeness (QED) is 0.789. The average Bonchev–Trinajstić information content (AvgIpc) is 2.81. The Bertz CT molecular complexity index is 552. The van der Waals surface area contributed by atoms with E-state index in [1.54, 1.807) is 0 Å². The van der Waals surface area contributed by atoms with Crippen LogP contribution in [0, 0.1) is 13.8 Å². The van der Waals surface area contributed by atoms with Gasteiger partial charge in [0.2, 0.25) is 0 Å². The van der Waals surface area contributed by atoms with E-state index in [2.05, 4.69) is 39.7 Å². The van der Waals surface area contributed by atoms with Gasteiger partial charge in [0.05, 0.1) is 5.69 Å². The highest BCUT2D eigenvalue weighted by Crippen LogP contribution is 2.26. The SMILES string of the molecule is Cc1nc(N2CCN(Cc3cccnc3)CC2)sc1C.Cl.Cl.Cl. The van der Waals surface area contributed by atoms with Gasteiger partial charge in [0.25, 0.3) is 0 Å². The van der Waals surface area contributed by atoms with Gasteiger partial charge in [-0.2, -0.15) is 0 Å². The van der Waals surface area contributed by atoms with Gasteiger partial charge in [-0.3, -0.25) is 9.88 Å². The number of rotatable bonds is 3. The number of aromatic nitrogens is 2. The molecule has 1 aliphatic heterocycles. The van der Waals surface area contributed by atoms with Crippen LogP contribution in [0.1, 0.15) is 16.1 Å². The largest absolute Gasteiger partial charge is 0.346 e. The molecule has 3 heterocycles. The molecule has 0 radical (unpaired) electrons. The molecule has 2 aromatic rings. The van der Waals surface area contributed by atoms with Crippen LogP contribution in [0.4, 0.5) is 5.13 Å². The first-order chi connectivity index (χ1) is 9.72. The molecular weight excluding hydrogens is 375 g/mol. The first-order valence-corrected chi connectivity index (χ1v) is 7.84. The monoisotopic (exact) mass is 396 g/mol. The molecule has 0 spiro atoms. The van der Waals surface area contributed by atoms with Crippen molar-refractivity contribution in [2.24, 2.45) is 0 Å². The molecule has 0 bridgehead atoms. The molecule has 0 N–H and O–H groups in total. The second-order valence-corrected chi connectivity index (χ2v) is 6.44. The van der Waals surface area contributed by atoms with Crippen LogP contribution in [0.25, 0.3) is 0 Å². The van der Waals surface area contributed by atoms with Crippen molar-refractivity contribution in [3.63, 3.8) is 0 Å². The van der Waals surface area contributed by atoms with Crippen molar-refractivity contribution < 1.29 is 0 Å². The van der Waals surface area contributed by atoms with Crippen LogP contribution < -0.4 is 4.90 Å². The van der Waals surface area contributed by atoms with Crippen molar-refractivity contribution >= 4 is 53.7 Å². The molecule has 8 heteroatoms. The molecule has 2 aromatic heterocycles. The van der Waals surface area contributed by atoms with Gasteiger partial charge in [-0.05, 0) is 25.5 Å². The Balaban J connectivity index is 0.00000161. The highest BCUT2D eigenvalue weighted by Gasteiger charge is 2.19. The summed E-state index contributed by atoms with van der Waals surface area (Å²) in [6.07, 6.45) is 3.79. The van der Waals surface area contributed by atoms with Gasteiger partial charge in [-0.25, -0.2) is 4.98 Å². The second-order valence-electron chi connectivity index (χ2n) is 5.26. The van der Waals surface area contributed by atoms with Crippen LogP contribution in [-0.4, -0.2) is 41.0 Å². The molecule has 3 rings (SSSR count). The van der Waals surface area contributed by atoms with Crippen molar-refractivity contribution in [3.05, 3.63) is 40.7 Å². The summed E-state index contributed by atoms with van der Waals surface area (Å²) in [6.45, 7) is 9.54. The van der Waals surface area contributed by atoms with E-state index in [-0.39, 0.29) is 37.2 Å². The molecule has 130 valence electrons. The van der Waals surface area contributed by atoms with Gasteiger partial charge < -0.3 is 4.90 Å². The third kappa shape index (κ3) is 5.76. The second kappa shape index (κ2) is 10.3. The van der Waals surface area contributed by atoms with E-state index in [9.17, 15) is 0 Å². The zero-order chi connectivity index (χ0) is 13.9. The van der Waals surface area contributed by atoms with Crippen molar-refractivity contribution in [3.8, 4) is 0 Å². The zero-order valence-electron chi connectivity index (χ0n) is 13.3. The lowest BCUT2D eigenvalue weighted by Crippen LogP contribution is -2.45. The molecule has 1 aliphatic rings. The van der Waals surface area contributed by atoms with Crippen molar-refractivity contribution in [2.75, 3.05) is 31.1 Å². The highest BCUT2D eigenvalue weighted by molar-refractivity contribution is 7.15. The van der Waals surface area contributed by atoms with Crippen LogP contribution in [0.15, 0.2) is 24.5 Å². The topological polar surface area (TPSA) is 32.3 Å². The van der Waals surface area contributed by atoms with Crippen molar-refractivity contribution in [1.29, 1.82) is 0 Å². The maximum absolute atomic E-state index is 4.66. The predicted octanol–water partition coefficient (Wildman–Crippen LogP) is 3.74. The van der Waals surface area contributed by atoms with Gasteiger partial charge in [0, 0.05) is 50.0 Å². The first kappa shape index (κ1) is 22.4. The third-order valence-corrected chi connectivity index (χ3v) is 4.92.